The minimum atomic E-state index is -0.0580. The molecule has 11 nitrogen and oxygen atoms in total. The maximum Gasteiger partial charge on any atom is 0.0781 e. The first-order chi connectivity index (χ1) is 23.8. The highest BCUT2D eigenvalue weighted by Gasteiger charge is 2.13. The van der Waals surface area contributed by atoms with Crippen LogP contribution in [0, 0.1) is 0 Å². The lowest BCUT2D eigenvalue weighted by atomic mass is 10.1. The molecule has 296 valence electrons. The number of rotatable bonds is 40. The van der Waals surface area contributed by atoms with E-state index in [2.05, 4.69) is 13.8 Å². The molecule has 0 aromatic carbocycles. The molecule has 1 N–H and O–H groups in total. The first kappa shape index (κ1) is 48.6. The normalized spacial score (nSPS) is 15.7. The van der Waals surface area contributed by atoms with E-state index in [-0.39, 0.29) is 43.2 Å². The lowest BCUT2D eigenvalue weighted by Crippen LogP contribution is -2.30. The number of hydrogen-bond donors (Lipinski definition) is 1. The Bertz CT molecular complexity index is 645. The maximum absolute atomic E-state index is 8.63. The standard InChI is InChI=1S/C38H78O11/c1-8-9-10-11-12-13-14-15-16-17-19-43-27-33(2)45-29-35(4)47-31-37(6)49-32-38(7)48-30-36(5)46-28-34(3)44-26-25-42-24-23-41-22-21-40-20-18-39/h33-39H,8-32H2,1-7H3. The summed E-state index contributed by atoms with van der Waals surface area (Å²) >= 11 is 0. The molecule has 0 aromatic heterocycles. The zero-order chi connectivity index (χ0) is 36.2. The predicted octanol–water partition coefficient (Wildman–Crippen LogP) is 6.40. The first-order valence-electron chi connectivity index (χ1n) is 19.4. The van der Waals surface area contributed by atoms with Crippen LogP contribution < -0.4 is 0 Å². The molecule has 6 atom stereocenters. The third-order valence-corrected chi connectivity index (χ3v) is 7.68. The van der Waals surface area contributed by atoms with E-state index in [0.29, 0.717) is 85.9 Å². The molecular weight excluding hydrogens is 632 g/mol. The number of aliphatic hydroxyl groups is 1. The topological polar surface area (TPSA) is 113 Å². The van der Waals surface area contributed by atoms with Gasteiger partial charge in [-0.1, -0.05) is 64.7 Å². The summed E-state index contributed by atoms with van der Waals surface area (Å²) in [7, 11) is 0. The minimum Gasteiger partial charge on any atom is -0.394 e. The van der Waals surface area contributed by atoms with Crippen molar-refractivity contribution in [3.05, 3.63) is 0 Å². The smallest absolute Gasteiger partial charge is 0.0781 e. The SMILES string of the molecule is CCCCCCCCCCCCOCC(C)OCC(C)OCC(C)OCC(C)OCC(C)OCC(C)OCCOCCOCCOCCO. The van der Waals surface area contributed by atoms with Gasteiger partial charge in [0, 0.05) is 6.61 Å². The van der Waals surface area contributed by atoms with Gasteiger partial charge in [0.1, 0.15) is 0 Å². The van der Waals surface area contributed by atoms with Crippen LogP contribution in [0.1, 0.15) is 113 Å². The Morgan fingerprint density at radius 1 is 0.327 bits per heavy atom. The second kappa shape index (κ2) is 37.3. The molecule has 0 aliphatic carbocycles. The lowest BCUT2D eigenvalue weighted by Gasteiger charge is -2.22. The average Bonchev–Trinajstić information content (AvgIpc) is 3.09. The number of unbranched alkanes of at least 4 members (excludes halogenated alkanes) is 9. The molecule has 0 bridgehead atoms. The highest BCUT2D eigenvalue weighted by Crippen LogP contribution is 2.11. The van der Waals surface area contributed by atoms with E-state index in [0.717, 1.165) is 13.0 Å². The van der Waals surface area contributed by atoms with Crippen LogP contribution in [0.25, 0.3) is 0 Å². The molecule has 0 aliphatic rings. The van der Waals surface area contributed by atoms with Crippen LogP contribution >= 0.6 is 0 Å². The van der Waals surface area contributed by atoms with Gasteiger partial charge in [0.25, 0.3) is 0 Å². The summed E-state index contributed by atoms with van der Waals surface area (Å²) < 4.78 is 57.2. The Morgan fingerprint density at radius 2 is 0.653 bits per heavy atom. The van der Waals surface area contributed by atoms with E-state index in [1.165, 1.54) is 57.8 Å². The molecule has 11 heteroatoms. The van der Waals surface area contributed by atoms with Gasteiger partial charge in [0.05, 0.1) is 129 Å². The molecule has 0 fully saturated rings. The van der Waals surface area contributed by atoms with Crippen molar-refractivity contribution in [3.8, 4) is 0 Å². The summed E-state index contributed by atoms with van der Waals surface area (Å²) in [5, 5.41) is 8.63. The molecule has 0 saturated heterocycles. The van der Waals surface area contributed by atoms with Crippen LogP contribution in [-0.2, 0) is 47.4 Å². The van der Waals surface area contributed by atoms with Gasteiger partial charge in [-0.25, -0.2) is 0 Å². The Labute approximate surface area is 300 Å². The fourth-order valence-corrected chi connectivity index (χ4v) is 4.64. The van der Waals surface area contributed by atoms with E-state index in [9.17, 15) is 0 Å². The summed E-state index contributed by atoms with van der Waals surface area (Å²) in [5.74, 6) is 0. The minimum absolute atomic E-state index is 0.0185. The zero-order valence-corrected chi connectivity index (χ0v) is 32.7. The summed E-state index contributed by atoms with van der Waals surface area (Å²) in [6.45, 7) is 21.5. The third kappa shape index (κ3) is 37.1. The molecule has 0 aliphatic heterocycles. The molecule has 0 spiro atoms. The Balaban J connectivity index is 3.64. The van der Waals surface area contributed by atoms with Crippen LogP contribution in [0.4, 0.5) is 0 Å². The van der Waals surface area contributed by atoms with Gasteiger partial charge >= 0.3 is 0 Å². The van der Waals surface area contributed by atoms with E-state index < -0.39 is 0 Å². The fourth-order valence-electron chi connectivity index (χ4n) is 4.64. The molecule has 0 amide bonds. The first-order valence-corrected chi connectivity index (χ1v) is 19.4. The summed E-state index contributed by atoms with van der Waals surface area (Å²) in [6, 6.07) is 0. The maximum atomic E-state index is 8.63. The van der Waals surface area contributed by atoms with Crippen molar-refractivity contribution in [3.63, 3.8) is 0 Å². The van der Waals surface area contributed by atoms with E-state index in [1.54, 1.807) is 0 Å². The van der Waals surface area contributed by atoms with Gasteiger partial charge in [-0.3, -0.25) is 0 Å². The molecule has 0 radical (unpaired) electrons. The van der Waals surface area contributed by atoms with Crippen molar-refractivity contribution >= 4 is 0 Å². The highest BCUT2D eigenvalue weighted by molar-refractivity contribution is 4.59. The van der Waals surface area contributed by atoms with Crippen molar-refractivity contribution in [1.82, 2.24) is 0 Å². The van der Waals surface area contributed by atoms with Gasteiger partial charge < -0.3 is 52.5 Å². The summed E-state index contributed by atoms with van der Waals surface area (Å²) in [4.78, 5) is 0. The molecule has 49 heavy (non-hydrogen) atoms. The Morgan fingerprint density at radius 3 is 1.06 bits per heavy atom. The van der Waals surface area contributed by atoms with Crippen LogP contribution in [0.5, 0.6) is 0 Å². The second-order valence-corrected chi connectivity index (χ2v) is 13.2. The zero-order valence-electron chi connectivity index (χ0n) is 32.7. The number of hydrogen-bond acceptors (Lipinski definition) is 11. The largest absolute Gasteiger partial charge is 0.394 e. The second-order valence-electron chi connectivity index (χ2n) is 13.2. The van der Waals surface area contributed by atoms with Gasteiger partial charge in [-0.15, -0.1) is 0 Å². The van der Waals surface area contributed by atoms with Crippen molar-refractivity contribution < 1.29 is 52.5 Å². The predicted molar refractivity (Wildman–Crippen MR) is 195 cm³/mol. The van der Waals surface area contributed by atoms with Crippen molar-refractivity contribution in [1.29, 1.82) is 0 Å². The number of ether oxygens (including phenoxy) is 10. The molecule has 0 saturated carbocycles. The average molecular weight is 711 g/mol. The van der Waals surface area contributed by atoms with Gasteiger partial charge in [-0.2, -0.15) is 0 Å². The van der Waals surface area contributed by atoms with E-state index in [4.69, 9.17) is 52.5 Å². The summed E-state index contributed by atoms with van der Waals surface area (Å²) in [5.41, 5.74) is 0. The number of aliphatic hydroxyl groups excluding tert-OH is 1. The highest BCUT2D eigenvalue weighted by atomic mass is 16.6. The van der Waals surface area contributed by atoms with E-state index in [1.807, 2.05) is 34.6 Å². The summed E-state index contributed by atoms with van der Waals surface area (Å²) in [6.07, 6.45) is 13.2. The van der Waals surface area contributed by atoms with E-state index >= 15 is 0 Å². The van der Waals surface area contributed by atoms with Crippen LogP contribution in [0.3, 0.4) is 0 Å². The van der Waals surface area contributed by atoms with Gasteiger partial charge in [-0.05, 0) is 48.0 Å². The van der Waals surface area contributed by atoms with Gasteiger partial charge in [0.2, 0.25) is 0 Å². The lowest BCUT2D eigenvalue weighted by molar-refractivity contribution is -0.105. The third-order valence-electron chi connectivity index (χ3n) is 7.68. The van der Waals surface area contributed by atoms with Crippen molar-refractivity contribution in [2.75, 3.05) is 99.1 Å². The molecule has 0 aromatic rings. The van der Waals surface area contributed by atoms with Crippen molar-refractivity contribution in [2.24, 2.45) is 0 Å². The van der Waals surface area contributed by atoms with Crippen molar-refractivity contribution in [2.45, 2.75) is 149 Å². The van der Waals surface area contributed by atoms with Crippen LogP contribution in [-0.4, -0.2) is 141 Å². The van der Waals surface area contributed by atoms with Gasteiger partial charge in [0.15, 0.2) is 0 Å². The van der Waals surface area contributed by atoms with Crippen LogP contribution in [0.15, 0.2) is 0 Å². The quantitative estimate of drug-likeness (QED) is 0.0714. The fraction of sp³-hybridized carbons (Fsp3) is 1.00. The van der Waals surface area contributed by atoms with Crippen LogP contribution in [0.2, 0.25) is 0 Å². The molecular formula is C38H78O11. The Kier molecular flexibility index (Phi) is 37.0. The monoisotopic (exact) mass is 711 g/mol. The molecule has 6 unspecified atom stereocenters. The molecule has 0 heterocycles. The Hall–Kier alpha value is -0.440. The molecule has 0 rings (SSSR count).